The smallest absolute Gasteiger partial charge is 0.238 e. The number of likely N-dealkylation sites (tertiary alicyclic amines) is 1. The lowest BCUT2D eigenvalue weighted by Gasteiger charge is -2.32. The molecule has 0 aromatic heterocycles. The van der Waals surface area contributed by atoms with Crippen molar-refractivity contribution in [1.29, 1.82) is 0 Å². The van der Waals surface area contributed by atoms with E-state index in [4.69, 9.17) is 15.6 Å². The summed E-state index contributed by atoms with van der Waals surface area (Å²) in [6.07, 6.45) is 3.57. The second kappa shape index (κ2) is 7.92. The van der Waals surface area contributed by atoms with Crippen molar-refractivity contribution in [3.63, 3.8) is 0 Å². The first-order valence-electron chi connectivity index (χ1n) is 7.67. The molecule has 1 aliphatic rings. The Kier molecular flexibility index (Phi) is 6.19. The molecule has 1 heterocycles. The van der Waals surface area contributed by atoms with E-state index in [0.717, 1.165) is 32.6 Å². The van der Waals surface area contributed by atoms with Crippen LogP contribution in [0.3, 0.4) is 0 Å². The van der Waals surface area contributed by atoms with E-state index in [1.807, 2.05) is 0 Å². The molecule has 1 saturated heterocycles. The molecule has 1 aromatic carbocycles. The molecule has 1 fully saturated rings. The van der Waals surface area contributed by atoms with E-state index in [0.29, 0.717) is 18.3 Å². The fraction of sp³-hybridized carbons (Fsp3) is 0.600. The summed E-state index contributed by atoms with van der Waals surface area (Å²) in [6, 6.07) is 6.19. The standard InChI is InChI=1S/C15H25N3O3S/c16-8-7-13-2-1-9-18(12-13)10-11-21-14-3-5-15(6-4-14)22(17,19)20/h3-6,13H,1-2,7-12,16H2,(H2,17,19,20). The third kappa shape index (κ3) is 5.24. The summed E-state index contributed by atoms with van der Waals surface area (Å²) in [5, 5.41) is 5.06. The minimum Gasteiger partial charge on any atom is -0.492 e. The van der Waals surface area contributed by atoms with Crippen molar-refractivity contribution in [2.45, 2.75) is 24.2 Å². The molecule has 1 aliphatic heterocycles. The van der Waals surface area contributed by atoms with Gasteiger partial charge in [-0.2, -0.15) is 0 Å². The Hall–Kier alpha value is -1.15. The second-order valence-corrected chi connectivity index (χ2v) is 7.31. The van der Waals surface area contributed by atoms with E-state index in [-0.39, 0.29) is 4.90 Å². The Morgan fingerprint density at radius 3 is 2.64 bits per heavy atom. The highest BCUT2D eigenvalue weighted by molar-refractivity contribution is 7.89. The molecule has 0 bridgehead atoms. The molecular formula is C15H25N3O3S. The SMILES string of the molecule is NCCC1CCCN(CCOc2ccc(S(N)(=O)=O)cc2)C1. The Labute approximate surface area is 132 Å². The minimum atomic E-state index is -3.64. The maximum atomic E-state index is 11.2. The van der Waals surface area contributed by atoms with Crippen LogP contribution in [0.25, 0.3) is 0 Å². The minimum absolute atomic E-state index is 0.0977. The van der Waals surface area contributed by atoms with Crippen molar-refractivity contribution in [2.75, 3.05) is 32.8 Å². The molecule has 1 atom stereocenters. The van der Waals surface area contributed by atoms with Crippen LogP contribution in [0.2, 0.25) is 0 Å². The van der Waals surface area contributed by atoms with Gasteiger partial charge in [0.05, 0.1) is 4.90 Å². The van der Waals surface area contributed by atoms with Crippen LogP contribution in [0, 0.1) is 5.92 Å². The zero-order valence-corrected chi connectivity index (χ0v) is 13.6. The van der Waals surface area contributed by atoms with E-state index >= 15 is 0 Å². The van der Waals surface area contributed by atoms with Crippen molar-refractivity contribution in [2.24, 2.45) is 16.8 Å². The molecule has 22 heavy (non-hydrogen) atoms. The lowest BCUT2D eigenvalue weighted by atomic mass is 9.95. The van der Waals surface area contributed by atoms with Gasteiger partial charge in [0.15, 0.2) is 0 Å². The number of hydrogen-bond acceptors (Lipinski definition) is 5. The fourth-order valence-corrected chi connectivity index (χ4v) is 3.36. The van der Waals surface area contributed by atoms with Gasteiger partial charge in [-0.1, -0.05) is 0 Å². The molecule has 0 amide bonds. The van der Waals surface area contributed by atoms with E-state index < -0.39 is 10.0 Å². The van der Waals surface area contributed by atoms with Gasteiger partial charge in [0, 0.05) is 13.1 Å². The predicted octanol–water partition coefficient (Wildman–Crippen LogP) is 0.774. The monoisotopic (exact) mass is 327 g/mol. The molecule has 1 unspecified atom stereocenters. The molecular weight excluding hydrogens is 302 g/mol. The highest BCUT2D eigenvalue weighted by Crippen LogP contribution is 2.19. The molecule has 0 radical (unpaired) electrons. The van der Waals surface area contributed by atoms with Crippen LogP contribution in [0.4, 0.5) is 0 Å². The van der Waals surface area contributed by atoms with E-state index in [9.17, 15) is 8.42 Å². The number of nitrogens with zero attached hydrogens (tertiary/aromatic N) is 1. The molecule has 0 saturated carbocycles. The Balaban J connectivity index is 1.76. The summed E-state index contributed by atoms with van der Waals surface area (Å²) in [5.74, 6) is 1.36. The average Bonchev–Trinajstić information content (AvgIpc) is 2.48. The number of hydrogen-bond donors (Lipinski definition) is 2. The normalized spacial score (nSPS) is 20.0. The summed E-state index contributed by atoms with van der Waals surface area (Å²) in [7, 11) is -3.64. The molecule has 7 heteroatoms. The quantitative estimate of drug-likeness (QED) is 0.771. The van der Waals surface area contributed by atoms with Crippen LogP contribution in [0.5, 0.6) is 5.75 Å². The van der Waals surface area contributed by atoms with Crippen LogP contribution >= 0.6 is 0 Å². The lowest BCUT2D eigenvalue weighted by Crippen LogP contribution is -2.38. The van der Waals surface area contributed by atoms with Crippen LogP contribution < -0.4 is 15.6 Å². The maximum absolute atomic E-state index is 11.2. The number of piperidine rings is 1. The molecule has 0 spiro atoms. The Morgan fingerprint density at radius 2 is 2.00 bits per heavy atom. The summed E-state index contributed by atoms with van der Waals surface area (Å²) >= 11 is 0. The van der Waals surface area contributed by atoms with Gasteiger partial charge in [-0.25, -0.2) is 13.6 Å². The van der Waals surface area contributed by atoms with Crippen LogP contribution in [-0.2, 0) is 10.0 Å². The number of ether oxygens (including phenoxy) is 1. The van der Waals surface area contributed by atoms with Gasteiger partial charge in [0.1, 0.15) is 12.4 Å². The first kappa shape index (κ1) is 17.2. The Bertz CT molecular complexity index is 558. The highest BCUT2D eigenvalue weighted by Gasteiger charge is 2.18. The fourth-order valence-electron chi connectivity index (χ4n) is 2.84. The van der Waals surface area contributed by atoms with Crippen molar-refractivity contribution >= 4 is 10.0 Å². The lowest BCUT2D eigenvalue weighted by molar-refractivity contribution is 0.144. The number of primary sulfonamides is 1. The molecule has 1 aromatic rings. The van der Waals surface area contributed by atoms with Gasteiger partial charge in [-0.3, -0.25) is 4.90 Å². The maximum Gasteiger partial charge on any atom is 0.238 e. The van der Waals surface area contributed by atoms with Crippen molar-refractivity contribution in [1.82, 2.24) is 4.90 Å². The van der Waals surface area contributed by atoms with Crippen LogP contribution in [0.1, 0.15) is 19.3 Å². The molecule has 124 valence electrons. The first-order valence-corrected chi connectivity index (χ1v) is 9.22. The van der Waals surface area contributed by atoms with E-state index in [2.05, 4.69) is 4.90 Å². The van der Waals surface area contributed by atoms with Crippen LogP contribution in [-0.4, -0.2) is 46.1 Å². The topological polar surface area (TPSA) is 98.6 Å². The number of rotatable bonds is 7. The van der Waals surface area contributed by atoms with Crippen molar-refractivity contribution < 1.29 is 13.2 Å². The van der Waals surface area contributed by atoms with Gasteiger partial charge in [0.25, 0.3) is 0 Å². The summed E-state index contributed by atoms with van der Waals surface area (Å²) in [4.78, 5) is 2.50. The van der Waals surface area contributed by atoms with Crippen molar-refractivity contribution in [3.8, 4) is 5.75 Å². The molecule has 0 aliphatic carbocycles. The zero-order valence-electron chi connectivity index (χ0n) is 12.8. The third-order valence-corrected chi connectivity index (χ3v) is 4.94. The van der Waals surface area contributed by atoms with Gasteiger partial charge in [-0.15, -0.1) is 0 Å². The number of nitrogens with two attached hydrogens (primary N) is 2. The summed E-state index contributed by atoms with van der Waals surface area (Å²) in [6.45, 7) is 4.41. The number of benzene rings is 1. The molecule has 6 nitrogen and oxygen atoms in total. The highest BCUT2D eigenvalue weighted by atomic mass is 32.2. The molecule has 2 rings (SSSR count). The average molecular weight is 327 g/mol. The van der Waals surface area contributed by atoms with Gasteiger partial charge in [-0.05, 0) is 62.5 Å². The molecule has 4 N–H and O–H groups in total. The van der Waals surface area contributed by atoms with E-state index in [1.165, 1.54) is 25.0 Å². The summed E-state index contributed by atoms with van der Waals surface area (Å²) < 4.78 is 28.0. The third-order valence-electron chi connectivity index (χ3n) is 4.01. The predicted molar refractivity (Wildman–Crippen MR) is 86.1 cm³/mol. The Morgan fingerprint density at radius 1 is 1.27 bits per heavy atom. The second-order valence-electron chi connectivity index (χ2n) is 5.75. The number of sulfonamides is 1. The van der Waals surface area contributed by atoms with Gasteiger partial charge in [0.2, 0.25) is 10.0 Å². The van der Waals surface area contributed by atoms with E-state index in [1.54, 1.807) is 12.1 Å². The van der Waals surface area contributed by atoms with Crippen LogP contribution in [0.15, 0.2) is 29.2 Å². The largest absolute Gasteiger partial charge is 0.492 e. The zero-order chi connectivity index (χ0) is 16.0. The summed E-state index contributed by atoms with van der Waals surface area (Å²) in [5.41, 5.74) is 5.63. The van der Waals surface area contributed by atoms with Gasteiger partial charge < -0.3 is 10.5 Å². The van der Waals surface area contributed by atoms with Gasteiger partial charge >= 0.3 is 0 Å². The first-order chi connectivity index (χ1) is 10.5. The van der Waals surface area contributed by atoms with Crippen molar-refractivity contribution in [3.05, 3.63) is 24.3 Å².